The molecule has 2 aromatic carbocycles. The molecule has 5 rings (SSSR count). The summed E-state index contributed by atoms with van der Waals surface area (Å²) in [6.45, 7) is 2.45. The molecule has 0 unspecified atom stereocenters. The van der Waals surface area contributed by atoms with Crippen LogP contribution in [0.15, 0.2) is 91.3 Å². The summed E-state index contributed by atoms with van der Waals surface area (Å²) in [5.74, 6) is 0.747. The Morgan fingerprint density at radius 2 is 1.84 bits per heavy atom. The van der Waals surface area contributed by atoms with Gasteiger partial charge in [-0.05, 0) is 79.3 Å². The highest BCUT2D eigenvalue weighted by Crippen LogP contribution is 2.39. The van der Waals surface area contributed by atoms with Crippen LogP contribution in [-0.4, -0.2) is 39.1 Å². The summed E-state index contributed by atoms with van der Waals surface area (Å²) in [4.78, 5) is 19.6. The molecule has 1 aliphatic rings. The average molecular weight is 512 g/mol. The quantitative estimate of drug-likeness (QED) is 0.317. The summed E-state index contributed by atoms with van der Waals surface area (Å²) >= 11 is 5.79. The number of amides is 1. The molecule has 1 amide bonds. The SMILES string of the molecule is COc1ccc(-n2cccc2[C@@H]2[C@H](c3ccccn3)NC(=S)N2CCC(=O)Nc2ccccc2C)cc1. The number of pyridine rings is 1. The minimum Gasteiger partial charge on any atom is -0.497 e. The first-order valence-electron chi connectivity index (χ1n) is 12.2. The number of anilines is 1. The first kappa shape index (κ1) is 24.5. The number of aromatic nitrogens is 2. The molecule has 2 atom stereocenters. The van der Waals surface area contributed by atoms with E-state index in [9.17, 15) is 4.79 Å². The molecular weight excluding hydrogens is 482 g/mol. The maximum Gasteiger partial charge on any atom is 0.226 e. The van der Waals surface area contributed by atoms with E-state index in [-0.39, 0.29) is 18.0 Å². The molecule has 1 saturated heterocycles. The normalized spacial score (nSPS) is 16.9. The summed E-state index contributed by atoms with van der Waals surface area (Å²) in [6, 6.07) is 25.4. The third kappa shape index (κ3) is 5.20. The molecule has 1 fully saturated rings. The van der Waals surface area contributed by atoms with Gasteiger partial charge >= 0.3 is 0 Å². The lowest BCUT2D eigenvalue weighted by molar-refractivity contribution is -0.116. The van der Waals surface area contributed by atoms with E-state index in [1.54, 1.807) is 13.3 Å². The van der Waals surface area contributed by atoms with Gasteiger partial charge in [-0.25, -0.2) is 0 Å². The summed E-state index contributed by atoms with van der Waals surface area (Å²) in [5.41, 5.74) is 4.80. The Morgan fingerprint density at radius 1 is 1.05 bits per heavy atom. The summed E-state index contributed by atoms with van der Waals surface area (Å²) in [5, 5.41) is 7.10. The molecule has 0 aliphatic carbocycles. The van der Waals surface area contributed by atoms with E-state index in [1.165, 1.54) is 0 Å². The highest BCUT2D eigenvalue weighted by Gasteiger charge is 2.41. The van der Waals surface area contributed by atoms with E-state index in [0.717, 1.165) is 34.1 Å². The van der Waals surface area contributed by atoms with Gasteiger partial charge < -0.3 is 24.8 Å². The van der Waals surface area contributed by atoms with Crippen LogP contribution in [0.1, 0.15) is 35.5 Å². The Labute approximate surface area is 222 Å². The van der Waals surface area contributed by atoms with Crippen LogP contribution in [0.3, 0.4) is 0 Å². The number of nitrogens with one attached hydrogen (secondary N) is 2. The van der Waals surface area contributed by atoms with E-state index in [1.807, 2.05) is 85.9 Å². The second kappa shape index (κ2) is 10.8. The smallest absolute Gasteiger partial charge is 0.226 e. The van der Waals surface area contributed by atoms with Crippen molar-refractivity contribution in [1.29, 1.82) is 0 Å². The number of carbonyl (C=O) groups excluding carboxylic acids is 1. The number of carbonyl (C=O) groups is 1. The Balaban J connectivity index is 1.44. The van der Waals surface area contributed by atoms with Gasteiger partial charge in [0.25, 0.3) is 0 Å². The fourth-order valence-corrected chi connectivity index (χ4v) is 5.06. The van der Waals surface area contributed by atoms with Crippen molar-refractivity contribution in [2.24, 2.45) is 0 Å². The molecule has 8 heteroatoms. The van der Waals surface area contributed by atoms with Gasteiger partial charge in [0.15, 0.2) is 5.11 Å². The highest BCUT2D eigenvalue weighted by molar-refractivity contribution is 7.80. The molecule has 2 aromatic heterocycles. The zero-order valence-corrected chi connectivity index (χ0v) is 21.6. The lowest BCUT2D eigenvalue weighted by atomic mass is 10.0. The van der Waals surface area contributed by atoms with Crippen LogP contribution in [0.25, 0.3) is 5.69 Å². The molecule has 0 bridgehead atoms. The lowest BCUT2D eigenvalue weighted by Gasteiger charge is -2.29. The fraction of sp³-hybridized carbons (Fsp3) is 0.207. The largest absolute Gasteiger partial charge is 0.497 e. The number of aryl methyl sites for hydroxylation is 1. The number of benzene rings is 2. The van der Waals surface area contributed by atoms with E-state index in [4.69, 9.17) is 17.0 Å². The first-order chi connectivity index (χ1) is 18.0. The maximum absolute atomic E-state index is 12.9. The van der Waals surface area contributed by atoms with Crippen molar-refractivity contribution in [2.45, 2.75) is 25.4 Å². The molecule has 3 heterocycles. The molecule has 2 N–H and O–H groups in total. The second-order valence-corrected chi connectivity index (χ2v) is 9.32. The van der Waals surface area contributed by atoms with Gasteiger partial charge in [-0.3, -0.25) is 9.78 Å². The Kier molecular flexibility index (Phi) is 7.18. The molecule has 0 saturated carbocycles. The second-order valence-electron chi connectivity index (χ2n) is 8.93. The minimum absolute atomic E-state index is 0.0531. The van der Waals surface area contributed by atoms with Crippen molar-refractivity contribution in [3.05, 3.63) is 108 Å². The van der Waals surface area contributed by atoms with Crippen molar-refractivity contribution in [1.82, 2.24) is 19.8 Å². The third-order valence-corrected chi connectivity index (χ3v) is 6.98. The molecule has 37 heavy (non-hydrogen) atoms. The van der Waals surface area contributed by atoms with Crippen LogP contribution < -0.4 is 15.4 Å². The third-order valence-electron chi connectivity index (χ3n) is 6.63. The Hall–Kier alpha value is -4.17. The van der Waals surface area contributed by atoms with E-state index < -0.39 is 0 Å². The van der Waals surface area contributed by atoms with Gasteiger partial charge in [0.05, 0.1) is 24.9 Å². The first-order valence-corrected chi connectivity index (χ1v) is 12.6. The molecule has 1 aliphatic heterocycles. The van der Waals surface area contributed by atoms with Crippen molar-refractivity contribution in [3.8, 4) is 11.4 Å². The molecule has 0 spiro atoms. The fourth-order valence-electron chi connectivity index (χ4n) is 4.73. The van der Waals surface area contributed by atoms with Gasteiger partial charge in [0.1, 0.15) is 5.75 Å². The number of hydrogen-bond acceptors (Lipinski definition) is 4. The topological polar surface area (TPSA) is 71.4 Å². The maximum atomic E-state index is 12.9. The van der Waals surface area contributed by atoms with Gasteiger partial charge in [-0.2, -0.15) is 0 Å². The van der Waals surface area contributed by atoms with Crippen molar-refractivity contribution < 1.29 is 9.53 Å². The van der Waals surface area contributed by atoms with Crippen LogP contribution in [0.4, 0.5) is 5.69 Å². The zero-order chi connectivity index (χ0) is 25.8. The summed E-state index contributed by atoms with van der Waals surface area (Å²) < 4.78 is 7.48. The minimum atomic E-state index is -0.167. The number of nitrogens with zero attached hydrogens (tertiary/aromatic N) is 3. The van der Waals surface area contributed by atoms with Crippen molar-refractivity contribution in [3.63, 3.8) is 0 Å². The Morgan fingerprint density at radius 3 is 2.57 bits per heavy atom. The van der Waals surface area contributed by atoms with Crippen LogP contribution in [-0.2, 0) is 4.79 Å². The van der Waals surface area contributed by atoms with E-state index in [0.29, 0.717) is 18.1 Å². The predicted molar refractivity (Wildman–Crippen MR) is 149 cm³/mol. The van der Waals surface area contributed by atoms with Gasteiger partial charge in [-0.1, -0.05) is 24.3 Å². The van der Waals surface area contributed by atoms with Gasteiger partial charge in [-0.15, -0.1) is 0 Å². The van der Waals surface area contributed by atoms with Crippen LogP contribution >= 0.6 is 12.2 Å². The summed E-state index contributed by atoms with van der Waals surface area (Å²) in [7, 11) is 1.66. The number of hydrogen-bond donors (Lipinski definition) is 2. The number of methoxy groups -OCH3 is 1. The van der Waals surface area contributed by atoms with E-state index >= 15 is 0 Å². The van der Waals surface area contributed by atoms with Gasteiger partial charge in [0, 0.05) is 42.4 Å². The monoisotopic (exact) mass is 511 g/mol. The lowest BCUT2D eigenvalue weighted by Crippen LogP contribution is -2.33. The number of ether oxygens (including phenoxy) is 1. The van der Waals surface area contributed by atoms with E-state index in [2.05, 4.69) is 31.2 Å². The molecule has 4 aromatic rings. The number of rotatable bonds is 8. The predicted octanol–water partition coefficient (Wildman–Crippen LogP) is 5.19. The number of para-hydroxylation sites is 1. The molecule has 188 valence electrons. The van der Waals surface area contributed by atoms with Crippen molar-refractivity contribution >= 4 is 28.9 Å². The van der Waals surface area contributed by atoms with Crippen LogP contribution in [0.2, 0.25) is 0 Å². The average Bonchev–Trinajstić information content (AvgIpc) is 3.53. The van der Waals surface area contributed by atoms with Crippen LogP contribution in [0, 0.1) is 6.92 Å². The molecule has 7 nitrogen and oxygen atoms in total. The Bertz CT molecular complexity index is 1390. The van der Waals surface area contributed by atoms with Crippen molar-refractivity contribution in [2.75, 3.05) is 19.0 Å². The summed E-state index contributed by atoms with van der Waals surface area (Å²) in [6.07, 6.45) is 4.12. The highest BCUT2D eigenvalue weighted by atomic mass is 32.1. The zero-order valence-electron chi connectivity index (χ0n) is 20.8. The van der Waals surface area contributed by atoms with Gasteiger partial charge in [0.2, 0.25) is 5.91 Å². The number of thiocarbonyl (C=S) groups is 1. The molecule has 0 radical (unpaired) electrons. The molecular formula is C29H29N5O2S. The van der Waals surface area contributed by atoms with Crippen LogP contribution in [0.5, 0.6) is 5.75 Å². The standard InChI is InChI=1S/C29H29N5O2S/c1-20-8-3-4-9-23(20)31-26(35)16-19-34-28(27(32-29(34)37)24-10-5-6-17-30-24)25-11-7-18-33(25)21-12-14-22(36-2)15-13-21/h3-15,17-18,27-28H,16,19H2,1-2H3,(H,31,35)(H,32,37)/t27-,28+/m0/s1.